The molecule has 0 aliphatic carbocycles. The van der Waals surface area contributed by atoms with Gasteiger partial charge in [-0.2, -0.15) is 0 Å². The monoisotopic (exact) mass is 348 g/mol. The van der Waals surface area contributed by atoms with E-state index in [1.54, 1.807) is 32.0 Å². The predicted octanol–water partition coefficient (Wildman–Crippen LogP) is 4.66. The summed E-state index contributed by atoms with van der Waals surface area (Å²) in [7, 11) is 0. The molecule has 0 bridgehead atoms. The maximum Gasteiger partial charge on any atom is 0.437 e. The summed E-state index contributed by atoms with van der Waals surface area (Å²) in [6.45, 7) is 9.15. The van der Waals surface area contributed by atoms with Crippen LogP contribution in [0.2, 0.25) is 0 Å². The molecule has 0 aromatic heterocycles. The first-order valence-corrected chi connectivity index (χ1v) is 7.99. The Kier molecular flexibility index (Phi) is 8.11. The van der Waals surface area contributed by atoms with Crippen LogP contribution in [0.5, 0.6) is 0 Å². The summed E-state index contributed by atoms with van der Waals surface area (Å²) in [5.74, 6) is 0. The maximum absolute atomic E-state index is 11.8. The van der Waals surface area contributed by atoms with Crippen molar-refractivity contribution in [3.8, 4) is 0 Å². The third-order valence-electron chi connectivity index (χ3n) is 3.31. The topological polar surface area (TPSA) is 101 Å². The summed E-state index contributed by atoms with van der Waals surface area (Å²) in [5, 5.41) is 12.5. The van der Waals surface area contributed by atoms with E-state index in [4.69, 9.17) is 9.68 Å². The lowest BCUT2D eigenvalue weighted by Crippen LogP contribution is -2.14. The summed E-state index contributed by atoms with van der Waals surface area (Å²) in [4.78, 5) is 32.9. The Bertz CT molecular complexity index is 683. The minimum absolute atomic E-state index is 0.448. The first kappa shape index (κ1) is 20.1. The molecule has 0 saturated carbocycles. The Morgan fingerprint density at radius 3 is 2.00 bits per heavy atom. The summed E-state index contributed by atoms with van der Waals surface area (Å²) in [5.41, 5.74) is 3.14. The Morgan fingerprint density at radius 1 is 0.960 bits per heavy atom. The average Bonchev–Trinajstić information content (AvgIpc) is 2.60. The van der Waals surface area contributed by atoms with Gasteiger partial charge in [-0.05, 0) is 51.3 Å². The van der Waals surface area contributed by atoms with Gasteiger partial charge in [0.1, 0.15) is 0 Å². The predicted molar refractivity (Wildman–Crippen MR) is 98.2 cm³/mol. The lowest BCUT2D eigenvalue weighted by atomic mass is 10.2. The van der Waals surface area contributed by atoms with Gasteiger partial charge in [-0.25, -0.2) is 9.59 Å². The molecule has 2 amide bonds. The molecule has 0 aliphatic rings. The molecular formula is C17H24N4O4. The Balaban J connectivity index is 2.72. The molecule has 2 N–H and O–H groups in total. The van der Waals surface area contributed by atoms with Crippen LogP contribution < -0.4 is 10.6 Å². The second-order valence-corrected chi connectivity index (χ2v) is 5.40. The zero-order valence-corrected chi connectivity index (χ0v) is 15.2. The van der Waals surface area contributed by atoms with Crippen LogP contribution in [-0.4, -0.2) is 23.6 Å². The van der Waals surface area contributed by atoms with E-state index >= 15 is 0 Å². The smallest absolute Gasteiger partial charge is 0.298 e. The van der Waals surface area contributed by atoms with E-state index < -0.39 is 12.2 Å². The van der Waals surface area contributed by atoms with E-state index in [0.29, 0.717) is 35.6 Å². The molecule has 0 saturated heterocycles. The fourth-order valence-corrected chi connectivity index (χ4v) is 1.48. The number of carbonyl (C=O) groups excluding carboxylic acids is 2. The minimum atomic E-state index is -0.714. The maximum atomic E-state index is 11.8. The van der Waals surface area contributed by atoms with Gasteiger partial charge in [-0.1, -0.05) is 30.2 Å². The second kappa shape index (κ2) is 10.1. The number of oxime groups is 2. The summed E-state index contributed by atoms with van der Waals surface area (Å²) < 4.78 is 0. The fourth-order valence-electron chi connectivity index (χ4n) is 1.48. The first-order chi connectivity index (χ1) is 11.8. The van der Waals surface area contributed by atoms with E-state index in [0.717, 1.165) is 5.56 Å². The molecule has 1 aromatic carbocycles. The third-order valence-corrected chi connectivity index (χ3v) is 3.31. The average molecular weight is 348 g/mol. The number of hydrogen-bond acceptors (Lipinski definition) is 6. The van der Waals surface area contributed by atoms with E-state index in [1.807, 2.05) is 20.8 Å². The highest BCUT2D eigenvalue weighted by molar-refractivity contribution is 5.90. The Labute approximate surface area is 147 Å². The lowest BCUT2D eigenvalue weighted by molar-refractivity contribution is 0.165. The highest BCUT2D eigenvalue weighted by Gasteiger charge is 2.09. The number of amides is 2. The van der Waals surface area contributed by atoms with Gasteiger partial charge < -0.3 is 0 Å². The molecule has 25 heavy (non-hydrogen) atoms. The number of anilines is 2. The summed E-state index contributed by atoms with van der Waals surface area (Å²) in [6, 6.07) is 5.01. The molecule has 0 aliphatic heterocycles. The number of aryl methyl sites for hydroxylation is 1. The number of nitrogens with zero attached hydrogens (tertiary/aromatic N) is 2. The van der Waals surface area contributed by atoms with Gasteiger partial charge in [0, 0.05) is 11.4 Å². The van der Waals surface area contributed by atoms with Crippen molar-refractivity contribution in [3.05, 3.63) is 23.8 Å². The third kappa shape index (κ3) is 7.47. The highest BCUT2D eigenvalue weighted by atomic mass is 16.7. The number of rotatable bonds is 6. The Hall–Kier alpha value is -2.90. The van der Waals surface area contributed by atoms with Crippen LogP contribution in [-0.2, 0) is 9.68 Å². The van der Waals surface area contributed by atoms with Crippen molar-refractivity contribution in [1.29, 1.82) is 0 Å². The fraction of sp³-hybridized carbons (Fsp3) is 0.412. The van der Waals surface area contributed by atoms with Crippen molar-refractivity contribution in [2.45, 2.75) is 47.5 Å². The van der Waals surface area contributed by atoms with Gasteiger partial charge in [0.2, 0.25) is 0 Å². The van der Waals surface area contributed by atoms with E-state index in [9.17, 15) is 9.59 Å². The van der Waals surface area contributed by atoms with Crippen LogP contribution in [0.4, 0.5) is 21.0 Å². The molecular weight excluding hydrogens is 324 g/mol. The molecule has 0 heterocycles. The molecule has 0 radical (unpaired) electrons. The van der Waals surface area contributed by atoms with Crippen LogP contribution in [0, 0.1) is 6.92 Å². The molecule has 8 heteroatoms. The van der Waals surface area contributed by atoms with E-state index in [-0.39, 0.29) is 0 Å². The largest absolute Gasteiger partial charge is 0.437 e. The molecule has 0 spiro atoms. The van der Waals surface area contributed by atoms with Crippen LogP contribution in [0.25, 0.3) is 0 Å². The van der Waals surface area contributed by atoms with Crippen LogP contribution in [0.3, 0.4) is 0 Å². The molecule has 0 fully saturated rings. The van der Waals surface area contributed by atoms with Gasteiger partial charge in [-0.3, -0.25) is 20.3 Å². The molecule has 1 rings (SSSR count). The van der Waals surface area contributed by atoms with Crippen molar-refractivity contribution in [2.75, 3.05) is 10.6 Å². The van der Waals surface area contributed by atoms with Crippen molar-refractivity contribution >= 4 is 35.0 Å². The van der Waals surface area contributed by atoms with Gasteiger partial charge in [0.25, 0.3) is 0 Å². The molecule has 1 aromatic rings. The number of nitrogens with one attached hydrogen (secondary N) is 2. The van der Waals surface area contributed by atoms with Crippen LogP contribution in [0.1, 0.15) is 46.1 Å². The molecule has 136 valence electrons. The molecule has 0 unspecified atom stereocenters. The number of carbonyl (C=O) groups is 2. The lowest BCUT2D eigenvalue weighted by Gasteiger charge is -2.10. The normalized spacial score (nSPS) is 11.7. The van der Waals surface area contributed by atoms with Gasteiger partial charge in [0.05, 0.1) is 11.4 Å². The Morgan fingerprint density at radius 2 is 1.48 bits per heavy atom. The second-order valence-electron chi connectivity index (χ2n) is 5.40. The minimum Gasteiger partial charge on any atom is -0.298 e. The zero-order valence-electron chi connectivity index (χ0n) is 15.2. The standard InChI is InChI=1S/C17H24N4O4/c1-6-12(4)20-24-16(22)18-14-9-8-11(3)15(10-14)19-17(23)25-21-13(5)7-2/h8-10H,6-7H2,1-5H3,(H,18,22)(H,19,23)/b20-12+,21-13-. The summed E-state index contributed by atoms with van der Waals surface area (Å²) >= 11 is 0. The van der Waals surface area contributed by atoms with Crippen LogP contribution in [0.15, 0.2) is 28.5 Å². The number of benzene rings is 1. The quantitative estimate of drug-likeness (QED) is 0.443. The van der Waals surface area contributed by atoms with Crippen LogP contribution >= 0.6 is 0 Å². The van der Waals surface area contributed by atoms with Crippen molar-refractivity contribution < 1.29 is 19.3 Å². The van der Waals surface area contributed by atoms with E-state index in [1.165, 1.54) is 0 Å². The SMILES string of the molecule is CC/C(C)=N\OC(=O)Nc1cc(NC(=O)O/N=C(\C)CC)ccc1C. The number of hydrogen-bond donors (Lipinski definition) is 2. The van der Waals surface area contributed by atoms with E-state index in [2.05, 4.69) is 20.9 Å². The van der Waals surface area contributed by atoms with Crippen molar-refractivity contribution in [3.63, 3.8) is 0 Å². The highest BCUT2D eigenvalue weighted by Crippen LogP contribution is 2.20. The first-order valence-electron chi connectivity index (χ1n) is 7.99. The molecule has 8 nitrogen and oxygen atoms in total. The summed E-state index contributed by atoms with van der Waals surface area (Å²) in [6.07, 6.45) is -0.0472. The molecule has 0 atom stereocenters. The van der Waals surface area contributed by atoms with Crippen molar-refractivity contribution in [2.24, 2.45) is 10.3 Å². The van der Waals surface area contributed by atoms with Gasteiger partial charge >= 0.3 is 12.2 Å². The zero-order chi connectivity index (χ0) is 18.8. The van der Waals surface area contributed by atoms with Gasteiger partial charge in [0.15, 0.2) is 0 Å². The van der Waals surface area contributed by atoms with Crippen molar-refractivity contribution in [1.82, 2.24) is 0 Å². The van der Waals surface area contributed by atoms with Gasteiger partial charge in [-0.15, -0.1) is 0 Å².